The van der Waals surface area contributed by atoms with E-state index in [-0.39, 0.29) is 28.6 Å². The second-order valence-electron chi connectivity index (χ2n) is 7.12. The molecule has 3 aliphatic rings. The Hall–Kier alpha value is -2.28. The molecule has 5 nitrogen and oxygen atoms in total. The SMILES string of the molecule is O=C1[C@H]2[C@@H](c3ccccc3)N3CCCN3[C@H]2C(=O)N1c1ccc(Cl)c(F)c1. The van der Waals surface area contributed by atoms with Gasteiger partial charge < -0.3 is 0 Å². The maximum Gasteiger partial charge on any atom is 0.253 e. The molecule has 27 heavy (non-hydrogen) atoms. The van der Waals surface area contributed by atoms with E-state index in [1.165, 1.54) is 12.1 Å². The lowest BCUT2D eigenvalue weighted by molar-refractivity contribution is -0.126. The molecule has 2 aromatic rings. The highest BCUT2D eigenvalue weighted by Crippen LogP contribution is 2.48. The van der Waals surface area contributed by atoms with Crippen molar-refractivity contribution in [1.29, 1.82) is 0 Å². The van der Waals surface area contributed by atoms with Gasteiger partial charge in [-0.1, -0.05) is 41.9 Å². The van der Waals surface area contributed by atoms with Gasteiger partial charge in [0.25, 0.3) is 5.91 Å². The minimum atomic E-state index is -0.644. The molecular weight excluding hydrogens is 369 g/mol. The Morgan fingerprint density at radius 2 is 1.63 bits per heavy atom. The fourth-order valence-corrected chi connectivity index (χ4v) is 4.76. The van der Waals surface area contributed by atoms with Crippen LogP contribution in [0.15, 0.2) is 48.5 Å². The van der Waals surface area contributed by atoms with Gasteiger partial charge in [-0.05, 0) is 30.2 Å². The van der Waals surface area contributed by atoms with E-state index in [4.69, 9.17) is 11.6 Å². The summed E-state index contributed by atoms with van der Waals surface area (Å²) in [6.45, 7) is 1.56. The van der Waals surface area contributed by atoms with Gasteiger partial charge >= 0.3 is 0 Å². The van der Waals surface area contributed by atoms with Crippen LogP contribution in [0.25, 0.3) is 0 Å². The number of imide groups is 1. The second-order valence-corrected chi connectivity index (χ2v) is 7.52. The van der Waals surface area contributed by atoms with Gasteiger partial charge in [0, 0.05) is 13.1 Å². The molecule has 3 saturated heterocycles. The summed E-state index contributed by atoms with van der Waals surface area (Å²) in [5.74, 6) is -1.72. The first-order valence-electron chi connectivity index (χ1n) is 8.99. The van der Waals surface area contributed by atoms with Crippen LogP contribution in [0.4, 0.5) is 10.1 Å². The number of fused-ring (bicyclic) bond motifs is 3. The molecule has 0 bridgehead atoms. The number of carbonyl (C=O) groups is 2. The summed E-state index contributed by atoms with van der Waals surface area (Å²) >= 11 is 5.75. The summed E-state index contributed by atoms with van der Waals surface area (Å²) in [4.78, 5) is 27.6. The Morgan fingerprint density at radius 1 is 0.926 bits per heavy atom. The van der Waals surface area contributed by atoms with Crippen molar-refractivity contribution in [1.82, 2.24) is 10.0 Å². The highest BCUT2D eigenvalue weighted by Gasteiger charge is 2.62. The zero-order valence-corrected chi connectivity index (χ0v) is 15.1. The van der Waals surface area contributed by atoms with Gasteiger partial charge in [-0.25, -0.2) is 19.3 Å². The first kappa shape index (κ1) is 16.9. The van der Waals surface area contributed by atoms with Gasteiger partial charge in [0.1, 0.15) is 11.9 Å². The van der Waals surface area contributed by atoms with E-state index in [0.29, 0.717) is 0 Å². The molecule has 2 amide bonds. The summed E-state index contributed by atoms with van der Waals surface area (Å²) in [6.07, 6.45) is 0.948. The van der Waals surface area contributed by atoms with Crippen LogP contribution in [-0.4, -0.2) is 41.0 Å². The molecule has 0 radical (unpaired) electrons. The number of hydrogen-bond acceptors (Lipinski definition) is 4. The predicted octanol–water partition coefficient (Wildman–Crippen LogP) is 3.01. The van der Waals surface area contributed by atoms with Gasteiger partial charge in [0.05, 0.1) is 22.7 Å². The Kier molecular flexibility index (Phi) is 3.82. The Morgan fingerprint density at radius 3 is 2.33 bits per heavy atom. The van der Waals surface area contributed by atoms with Crippen LogP contribution in [0, 0.1) is 11.7 Å². The maximum atomic E-state index is 13.9. The quantitative estimate of drug-likeness (QED) is 0.745. The average Bonchev–Trinajstić information content (AvgIpc) is 3.31. The van der Waals surface area contributed by atoms with Gasteiger partial charge in [-0.2, -0.15) is 0 Å². The summed E-state index contributed by atoms with van der Waals surface area (Å²) < 4.78 is 13.9. The minimum Gasteiger partial charge on any atom is -0.274 e. The molecule has 7 heteroatoms. The number of hydrazine groups is 1. The monoisotopic (exact) mass is 385 g/mol. The average molecular weight is 386 g/mol. The fourth-order valence-electron chi connectivity index (χ4n) is 4.64. The van der Waals surface area contributed by atoms with Crippen LogP contribution in [0.1, 0.15) is 18.0 Å². The molecule has 0 aliphatic carbocycles. The fraction of sp³-hybridized carbons (Fsp3) is 0.300. The standard InChI is InChI=1S/C20H17ClFN3O2/c21-14-8-7-13(11-15(14)22)25-19(26)16-17(12-5-2-1-3-6-12)23-9-4-10-24(23)18(16)20(25)27/h1-3,5-8,11,16-18H,4,9-10H2/t16-,17+,18+/m0/s1. The molecule has 0 N–H and O–H groups in total. The molecule has 0 saturated carbocycles. The van der Waals surface area contributed by atoms with Crippen LogP contribution in [0.5, 0.6) is 0 Å². The number of hydrogen-bond donors (Lipinski definition) is 0. The summed E-state index contributed by atoms with van der Waals surface area (Å²) in [5.41, 5.74) is 1.25. The third-order valence-electron chi connectivity index (χ3n) is 5.71. The number of rotatable bonds is 2. The van der Waals surface area contributed by atoms with E-state index < -0.39 is 17.8 Å². The van der Waals surface area contributed by atoms with Gasteiger partial charge in [0.2, 0.25) is 5.91 Å². The molecule has 3 heterocycles. The molecule has 3 aliphatic heterocycles. The number of nitrogens with zero attached hydrogens (tertiary/aromatic N) is 3. The van der Waals surface area contributed by atoms with Crippen molar-refractivity contribution in [2.24, 2.45) is 5.92 Å². The second kappa shape index (κ2) is 6.12. The highest BCUT2D eigenvalue weighted by molar-refractivity contribution is 6.31. The Balaban J connectivity index is 1.59. The van der Waals surface area contributed by atoms with Crippen LogP contribution in [0.3, 0.4) is 0 Å². The molecule has 0 unspecified atom stereocenters. The third-order valence-corrected chi connectivity index (χ3v) is 6.01. The Bertz CT molecular complexity index is 938. The highest BCUT2D eigenvalue weighted by atomic mass is 35.5. The molecule has 138 valence electrons. The summed E-state index contributed by atoms with van der Waals surface area (Å²) in [6, 6.07) is 13.1. The van der Waals surface area contributed by atoms with Gasteiger partial charge in [-0.15, -0.1) is 0 Å². The first-order valence-corrected chi connectivity index (χ1v) is 9.37. The Labute approximate surface area is 160 Å². The van der Waals surface area contributed by atoms with Crippen LogP contribution >= 0.6 is 11.6 Å². The molecule has 0 spiro atoms. The molecular formula is C20H17ClFN3O2. The van der Waals surface area contributed by atoms with E-state index in [1.807, 2.05) is 35.3 Å². The predicted molar refractivity (Wildman–Crippen MR) is 98.4 cm³/mol. The number of halogens is 2. The van der Waals surface area contributed by atoms with Crippen molar-refractivity contribution in [3.8, 4) is 0 Å². The van der Waals surface area contributed by atoms with Crippen molar-refractivity contribution in [3.05, 3.63) is 64.9 Å². The topological polar surface area (TPSA) is 43.9 Å². The smallest absolute Gasteiger partial charge is 0.253 e. The van der Waals surface area contributed by atoms with Crippen molar-refractivity contribution in [3.63, 3.8) is 0 Å². The summed E-state index contributed by atoms with van der Waals surface area (Å²) in [5, 5.41) is 4.14. The number of carbonyl (C=O) groups excluding carboxylic acids is 2. The molecule has 5 rings (SSSR count). The first-order chi connectivity index (χ1) is 13.1. The van der Waals surface area contributed by atoms with E-state index in [0.717, 1.165) is 36.0 Å². The lowest BCUT2D eigenvalue weighted by Crippen LogP contribution is -2.44. The molecule has 0 aromatic heterocycles. The molecule has 2 aromatic carbocycles. The van der Waals surface area contributed by atoms with Crippen molar-refractivity contribution in [2.45, 2.75) is 18.5 Å². The van der Waals surface area contributed by atoms with Gasteiger partial charge in [0.15, 0.2) is 0 Å². The number of amides is 2. The van der Waals surface area contributed by atoms with Crippen molar-refractivity contribution in [2.75, 3.05) is 18.0 Å². The summed E-state index contributed by atoms with van der Waals surface area (Å²) in [7, 11) is 0. The lowest BCUT2D eigenvalue weighted by Gasteiger charge is -2.29. The van der Waals surface area contributed by atoms with E-state index in [9.17, 15) is 14.0 Å². The van der Waals surface area contributed by atoms with Gasteiger partial charge in [-0.3, -0.25) is 9.59 Å². The van der Waals surface area contributed by atoms with Crippen LogP contribution in [0.2, 0.25) is 5.02 Å². The molecule has 3 fully saturated rings. The lowest BCUT2D eigenvalue weighted by atomic mass is 9.90. The van der Waals surface area contributed by atoms with E-state index in [2.05, 4.69) is 5.01 Å². The number of anilines is 1. The largest absolute Gasteiger partial charge is 0.274 e. The van der Waals surface area contributed by atoms with Crippen molar-refractivity contribution >= 4 is 29.1 Å². The maximum absolute atomic E-state index is 13.9. The zero-order valence-electron chi connectivity index (χ0n) is 14.4. The van der Waals surface area contributed by atoms with E-state index >= 15 is 0 Å². The number of benzene rings is 2. The zero-order chi connectivity index (χ0) is 18.7. The minimum absolute atomic E-state index is 0.0362. The van der Waals surface area contributed by atoms with E-state index in [1.54, 1.807) is 0 Å². The van der Waals surface area contributed by atoms with Crippen LogP contribution < -0.4 is 4.90 Å². The van der Waals surface area contributed by atoms with Crippen LogP contribution in [-0.2, 0) is 9.59 Å². The molecule has 3 atom stereocenters. The van der Waals surface area contributed by atoms with Crippen molar-refractivity contribution < 1.29 is 14.0 Å². The third kappa shape index (κ3) is 2.37. The normalized spacial score (nSPS) is 28.1.